The van der Waals surface area contributed by atoms with Crippen molar-refractivity contribution in [2.45, 2.75) is 18.5 Å². The first kappa shape index (κ1) is 12.9. The Labute approximate surface area is 98.2 Å². The normalized spacial score (nSPS) is 15.2. The molecular weight excluding hydrogens is 237 g/mol. The van der Waals surface area contributed by atoms with Crippen molar-refractivity contribution in [3.05, 3.63) is 21.3 Å². The van der Waals surface area contributed by atoms with Crippen molar-refractivity contribution in [3.8, 4) is 0 Å². The Kier molecular flexibility index (Phi) is 4.99. The molecule has 2 nitrogen and oxygen atoms in total. The second-order valence-electron chi connectivity index (χ2n) is 3.39. The van der Waals surface area contributed by atoms with Gasteiger partial charge in [0.1, 0.15) is 0 Å². The van der Waals surface area contributed by atoms with E-state index in [-0.39, 0.29) is 6.61 Å². The van der Waals surface area contributed by atoms with Crippen molar-refractivity contribution in [2.24, 2.45) is 5.73 Å². The van der Waals surface area contributed by atoms with Crippen molar-refractivity contribution in [3.63, 3.8) is 0 Å². The minimum Gasteiger partial charge on any atom is -0.381 e. The molecule has 1 rings (SSSR count). The molecule has 0 amide bonds. The monoisotopic (exact) mass is 251 g/mol. The van der Waals surface area contributed by atoms with E-state index >= 15 is 0 Å². The lowest BCUT2D eigenvalue weighted by Gasteiger charge is -2.23. The van der Waals surface area contributed by atoms with E-state index in [9.17, 15) is 4.39 Å². The van der Waals surface area contributed by atoms with Gasteiger partial charge in [0, 0.05) is 7.11 Å². The van der Waals surface area contributed by atoms with Gasteiger partial charge in [-0.3, -0.25) is 0 Å². The van der Waals surface area contributed by atoms with Gasteiger partial charge in [0.2, 0.25) is 0 Å². The fourth-order valence-electron chi connectivity index (χ4n) is 1.48. The maximum absolute atomic E-state index is 14.6. The molecule has 86 valence electrons. The van der Waals surface area contributed by atoms with E-state index in [2.05, 4.69) is 0 Å². The predicted molar refractivity (Wildman–Crippen MR) is 62.3 cm³/mol. The van der Waals surface area contributed by atoms with Crippen LogP contribution in [0.25, 0.3) is 0 Å². The number of ether oxygens (including phenoxy) is 1. The topological polar surface area (TPSA) is 35.2 Å². The summed E-state index contributed by atoms with van der Waals surface area (Å²) in [6.45, 7) is 0.492. The molecule has 1 aromatic rings. The van der Waals surface area contributed by atoms with Crippen LogP contribution in [0.15, 0.2) is 11.4 Å². The molecule has 1 unspecified atom stereocenters. The zero-order valence-corrected chi connectivity index (χ0v) is 10.2. The van der Waals surface area contributed by atoms with Crippen LogP contribution >= 0.6 is 22.9 Å². The molecule has 1 heterocycles. The number of nitrogens with two attached hydrogens (primary N) is 1. The van der Waals surface area contributed by atoms with E-state index in [1.54, 1.807) is 11.4 Å². The lowest BCUT2D eigenvalue weighted by Crippen LogP contribution is -2.26. The molecule has 1 atom stereocenters. The van der Waals surface area contributed by atoms with Gasteiger partial charge < -0.3 is 10.5 Å². The van der Waals surface area contributed by atoms with Crippen LogP contribution in [-0.4, -0.2) is 20.3 Å². The molecule has 15 heavy (non-hydrogen) atoms. The number of methoxy groups -OCH3 is 1. The fourth-order valence-corrected chi connectivity index (χ4v) is 2.81. The van der Waals surface area contributed by atoms with Crippen LogP contribution < -0.4 is 5.73 Å². The van der Waals surface area contributed by atoms with Crippen LogP contribution in [0.3, 0.4) is 0 Å². The summed E-state index contributed by atoms with van der Waals surface area (Å²) in [6, 6.07) is 1.70. The number of hydrogen-bond acceptors (Lipinski definition) is 3. The fraction of sp³-hybridized carbons (Fsp3) is 0.600. The highest BCUT2D eigenvalue weighted by atomic mass is 35.5. The third kappa shape index (κ3) is 3.14. The molecule has 0 aromatic carbocycles. The summed E-state index contributed by atoms with van der Waals surface area (Å²) < 4.78 is 19.5. The number of halogens is 2. The quantitative estimate of drug-likeness (QED) is 0.844. The summed E-state index contributed by atoms with van der Waals surface area (Å²) in [6.07, 6.45) is 0.964. The van der Waals surface area contributed by atoms with E-state index in [0.29, 0.717) is 29.3 Å². The van der Waals surface area contributed by atoms with Crippen LogP contribution in [-0.2, 0) is 10.4 Å². The Morgan fingerprint density at radius 3 is 2.87 bits per heavy atom. The Bertz CT molecular complexity index is 307. The summed E-state index contributed by atoms with van der Waals surface area (Å²) in [5.41, 5.74) is 3.89. The van der Waals surface area contributed by atoms with Gasteiger partial charge in [0.05, 0.1) is 16.5 Å². The first-order valence-electron chi connectivity index (χ1n) is 4.75. The number of alkyl halides is 1. The minimum atomic E-state index is -1.50. The van der Waals surface area contributed by atoms with Gasteiger partial charge in [0.25, 0.3) is 0 Å². The lowest BCUT2D eigenvalue weighted by atomic mass is 9.98. The minimum absolute atomic E-state index is 0.0211. The van der Waals surface area contributed by atoms with E-state index in [0.717, 1.165) is 0 Å². The molecule has 0 aliphatic rings. The summed E-state index contributed by atoms with van der Waals surface area (Å²) in [7, 11) is 1.48. The van der Waals surface area contributed by atoms with Gasteiger partial charge in [-0.1, -0.05) is 11.6 Å². The molecule has 0 saturated carbocycles. The second-order valence-corrected chi connectivity index (χ2v) is 4.71. The van der Waals surface area contributed by atoms with Crippen molar-refractivity contribution >= 4 is 22.9 Å². The molecule has 2 N–H and O–H groups in total. The molecule has 0 bridgehead atoms. The molecule has 5 heteroatoms. The highest BCUT2D eigenvalue weighted by Gasteiger charge is 2.34. The summed E-state index contributed by atoms with van der Waals surface area (Å²) in [5.74, 6) is 0. The third-order valence-electron chi connectivity index (χ3n) is 2.17. The SMILES string of the molecule is COCC(F)(CCCN)c1sccc1Cl. The number of hydrogen-bond donors (Lipinski definition) is 1. The van der Waals surface area contributed by atoms with Gasteiger partial charge in [-0.05, 0) is 30.8 Å². The summed E-state index contributed by atoms with van der Waals surface area (Å²) in [4.78, 5) is 0.541. The summed E-state index contributed by atoms with van der Waals surface area (Å²) >= 11 is 7.24. The molecule has 0 aliphatic carbocycles. The first-order chi connectivity index (χ1) is 7.14. The van der Waals surface area contributed by atoms with Crippen molar-refractivity contribution < 1.29 is 9.13 Å². The van der Waals surface area contributed by atoms with E-state index in [4.69, 9.17) is 22.1 Å². The van der Waals surface area contributed by atoms with Gasteiger partial charge in [-0.2, -0.15) is 0 Å². The third-order valence-corrected chi connectivity index (χ3v) is 3.70. The van der Waals surface area contributed by atoms with Crippen LogP contribution in [0.2, 0.25) is 5.02 Å². The molecule has 1 aromatic heterocycles. The molecule has 0 spiro atoms. The van der Waals surface area contributed by atoms with Gasteiger partial charge >= 0.3 is 0 Å². The second kappa shape index (κ2) is 5.80. The van der Waals surface area contributed by atoms with Crippen molar-refractivity contribution in [1.82, 2.24) is 0 Å². The predicted octanol–water partition coefficient (Wildman–Crippen LogP) is 2.95. The van der Waals surface area contributed by atoms with Crippen LogP contribution in [0, 0.1) is 0 Å². The first-order valence-corrected chi connectivity index (χ1v) is 6.01. The van der Waals surface area contributed by atoms with E-state index in [1.165, 1.54) is 18.4 Å². The Morgan fingerprint density at radius 1 is 1.67 bits per heavy atom. The largest absolute Gasteiger partial charge is 0.381 e. The van der Waals surface area contributed by atoms with Gasteiger partial charge in [0.15, 0.2) is 5.67 Å². The molecule has 0 fully saturated rings. The van der Waals surface area contributed by atoms with Crippen molar-refractivity contribution in [2.75, 3.05) is 20.3 Å². The van der Waals surface area contributed by atoms with Crippen molar-refractivity contribution in [1.29, 1.82) is 0 Å². The zero-order chi connectivity index (χ0) is 11.3. The number of rotatable bonds is 6. The average molecular weight is 252 g/mol. The highest BCUT2D eigenvalue weighted by Crippen LogP contribution is 2.39. The van der Waals surface area contributed by atoms with Crippen LogP contribution in [0.1, 0.15) is 17.7 Å². The highest BCUT2D eigenvalue weighted by molar-refractivity contribution is 7.10. The Balaban J connectivity index is 2.85. The maximum Gasteiger partial charge on any atom is 0.169 e. The zero-order valence-electron chi connectivity index (χ0n) is 8.63. The van der Waals surface area contributed by atoms with Gasteiger partial charge in [-0.15, -0.1) is 11.3 Å². The van der Waals surface area contributed by atoms with E-state index < -0.39 is 5.67 Å². The summed E-state index contributed by atoms with van der Waals surface area (Å²) in [5, 5.41) is 2.25. The molecular formula is C10H15ClFNOS. The van der Waals surface area contributed by atoms with Gasteiger partial charge in [-0.25, -0.2) is 4.39 Å². The Morgan fingerprint density at radius 2 is 2.40 bits per heavy atom. The smallest absolute Gasteiger partial charge is 0.169 e. The lowest BCUT2D eigenvalue weighted by molar-refractivity contribution is 0.0332. The maximum atomic E-state index is 14.6. The van der Waals surface area contributed by atoms with Crippen LogP contribution in [0.4, 0.5) is 4.39 Å². The molecule has 0 saturated heterocycles. The molecule has 0 aliphatic heterocycles. The molecule has 0 radical (unpaired) electrons. The van der Waals surface area contributed by atoms with E-state index in [1.807, 2.05) is 0 Å². The number of thiophene rings is 1. The van der Waals surface area contributed by atoms with Crippen LogP contribution in [0.5, 0.6) is 0 Å². The average Bonchev–Trinajstić information content (AvgIpc) is 2.62. The standard InChI is InChI=1S/C10H15ClFNOS/c1-14-7-10(12,4-2-5-13)9-8(11)3-6-15-9/h3,6H,2,4-5,7,13H2,1H3. The Hall–Kier alpha value is -0.160.